The van der Waals surface area contributed by atoms with Crippen molar-refractivity contribution in [2.75, 3.05) is 0 Å². The molecular weight excluding hydrogens is 164 g/mol. The normalized spacial score (nSPS) is 11.7. The number of amides is 1. The van der Waals surface area contributed by atoms with Crippen LogP contribution in [0.15, 0.2) is 42.6 Å². The molecule has 0 aliphatic heterocycles. The number of carbonyl (C=O) groups excluding carboxylic acids is 1. The molecule has 0 radical (unpaired) electrons. The third kappa shape index (κ3) is 2.33. The van der Waals surface area contributed by atoms with Crippen LogP contribution >= 0.6 is 0 Å². The Hall–Kier alpha value is -1.77. The first-order valence-electron chi connectivity index (χ1n) is 3.94. The Kier molecular flexibility index (Phi) is 3.09. The second-order valence-corrected chi connectivity index (χ2v) is 2.70. The monoisotopic (exact) mass is 176 g/mol. The van der Waals surface area contributed by atoms with Gasteiger partial charge in [0.25, 0.3) is 0 Å². The van der Waals surface area contributed by atoms with Crippen LogP contribution in [0.25, 0.3) is 0 Å². The van der Waals surface area contributed by atoms with Crippen molar-refractivity contribution in [3.63, 3.8) is 0 Å². The van der Waals surface area contributed by atoms with Gasteiger partial charge in [-0.3, -0.25) is 4.79 Å². The summed E-state index contributed by atoms with van der Waals surface area (Å²) < 4.78 is 0. The van der Waals surface area contributed by atoms with Gasteiger partial charge in [-0.1, -0.05) is 36.9 Å². The summed E-state index contributed by atoms with van der Waals surface area (Å²) in [5, 5.41) is 2.59. The van der Waals surface area contributed by atoms with Gasteiger partial charge in [0.05, 0.1) is 6.04 Å². The van der Waals surface area contributed by atoms with E-state index in [1.807, 2.05) is 30.3 Å². The fourth-order valence-corrected chi connectivity index (χ4v) is 1.13. The van der Waals surface area contributed by atoms with Gasteiger partial charge in [-0.05, 0) is 5.56 Å². The molecule has 0 saturated carbocycles. The molecule has 0 bridgehead atoms. The number of nitrogens with one attached hydrogen (secondary N) is 1. The summed E-state index contributed by atoms with van der Waals surface area (Å²) in [5.74, 6) is 0. The Bertz CT molecular complexity index is 295. The summed E-state index contributed by atoms with van der Waals surface area (Å²) in [6.45, 7) is 3.61. The molecule has 0 fully saturated rings. The molecule has 3 N–H and O–H groups in total. The first-order chi connectivity index (χ1) is 6.25. The average molecular weight is 176 g/mol. The molecule has 1 rings (SSSR count). The predicted molar refractivity (Wildman–Crippen MR) is 51.7 cm³/mol. The molecule has 0 aliphatic rings. The molecule has 3 heteroatoms. The number of benzene rings is 1. The van der Waals surface area contributed by atoms with E-state index < -0.39 is 0 Å². The SMILES string of the molecule is C=C(N)C(NC=O)c1ccccc1. The van der Waals surface area contributed by atoms with Gasteiger partial charge in [0.1, 0.15) is 0 Å². The van der Waals surface area contributed by atoms with Crippen molar-refractivity contribution in [3.05, 3.63) is 48.2 Å². The molecular formula is C10H12N2O. The minimum absolute atomic E-state index is 0.293. The van der Waals surface area contributed by atoms with E-state index in [0.29, 0.717) is 12.1 Å². The minimum Gasteiger partial charge on any atom is -0.401 e. The van der Waals surface area contributed by atoms with Crippen molar-refractivity contribution < 1.29 is 4.79 Å². The first-order valence-corrected chi connectivity index (χ1v) is 3.94. The van der Waals surface area contributed by atoms with E-state index in [4.69, 9.17) is 5.73 Å². The number of nitrogens with two attached hydrogens (primary N) is 1. The lowest BCUT2D eigenvalue weighted by Crippen LogP contribution is -2.24. The molecule has 0 saturated heterocycles. The zero-order valence-corrected chi connectivity index (χ0v) is 7.23. The Morgan fingerprint density at radius 3 is 2.54 bits per heavy atom. The van der Waals surface area contributed by atoms with Gasteiger partial charge in [0, 0.05) is 5.70 Å². The standard InChI is InChI=1S/C10H12N2O/c1-8(11)10(12-7-13)9-5-3-2-4-6-9/h2-7,10H,1,11H2,(H,12,13). The highest BCUT2D eigenvalue weighted by Gasteiger charge is 2.10. The van der Waals surface area contributed by atoms with Gasteiger partial charge in [0.15, 0.2) is 0 Å². The minimum atomic E-state index is -0.293. The summed E-state index contributed by atoms with van der Waals surface area (Å²) in [5.41, 5.74) is 6.90. The van der Waals surface area contributed by atoms with Crippen LogP contribution in [0.1, 0.15) is 11.6 Å². The largest absolute Gasteiger partial charge is 0.401 e. The Morgan fingerprint density at radius 2 is 2.08 bits per heavy atom. The summed E-state index contributed by atoms with van der Waals surface area (Å²) in [6.07, 6.45) is 0.621. The summed E-state index contributed by atoms with van der Waals surface area (Å²) in [6, 6.07) is 9.16. The summed E-state index contributed by atoms with van der Waals surface area (Å²) in [7, 11) is 0. The maximum Gasteiger partial charge on any atom is 0.207 e. The molecule has 0 spiro atoms. The van der Waals surface area contributed by atoms with E-state index in [9.17, 15) is 4.79 Å². The first kappa shape index (κ1) is 9.32. The molecule has 68 valence electrons. The van der Waals surface area contributed by atoms with Gasteiger partial charge in [-0.2, -0.15) is 0 Å². The molecule has 0 heterocycles. The summed E-state index contributed by atoms with van der Waals surface area (Å²) in [4.78, 5) is 10.3. The van der Waals surface area contributed by atoms with E-state index in [1.165, 1.54) is 0 Å². The lowest BCUT2D eigenvalue weighted by molar-refractivity contribution is -0.110. The van der Waals surface area contributed by atoms with Gasteiger partial charge in [-0.25, -0.2) is 0 Å². The maximum absolute atomic E-state index is 10.3. The molecule has 1 aromatic rings. The smallest absolute Gasteiger partial charge is 0.207 e. The van der Waals surface area contributed by atoms with Gasteiger partial charge >= 0.3 is 0 Å². The van der Waals surface area contributed by atoms with Crippen LogP contribution in [0.2, 0.25) is 0 Å². The Balaban J connectivity index is 2.88. The van der Waals surface area contributed by atoms with E-state index in [-0.39, 0.29) is 6.04 Å². The fraction of sp³-hybridized carbons (Fsp3) is 0.100. The van der Waals surface area contributed by atoms with Crippen molar-refractivity contribution >= 4 is 6.41 Å². The van der Waals surface area contributed by atoms with Gasteiger partial charge in [-0.15, -0.1) is 0 Å². The fourth-order valence-electron chi connectivity index (χ4n) is 1.13. The quantitative estimate of drug-likeness (QED) is 0.671. The topological polar surface area (TPSA) is 55.1 Å². The molecule has 1 aromatic carbocycles. The van der Waals surface area contributed by atoms with E-state index in [2.05, 4.69) is 11.9 Å². The van der Waals surface area contributed by atoms with Crippen LogP contribution in [0.4, 0.5) is 0 Å². The molecule has 1 unspecified atom stereocenters. The zero-order chi connectivity index (χ0) is 9.68. The van der Waals surface area contributed by atoms with Crippen molar-refractivity contribution in [2.24, 2.45) is 5.73 Å². The van der Waals surface area contributed by atoms with Crippen molar-refractivity contribution in [3.8, 4) is 0 Å². The lowest BCUT2D eigenvalue weighted by atomic mass is 10.1. The average Bonchev–Trinajstić information content (AvgIpc) is 2.15. The van der Waals surface area contributed by atoms with Crippen molar-refractivity contribution in [2.45, 2.75) is 6.04 Å². The van der Waals surface area contributed by atoms with Crippen LogP contribution in [0.5, 0.6) is 0 Å². The predicted octanol–water partition coefficient (Wildman–Crippen LogP) is 0.946. The maximum atomic E-state index is 10.3. The van der Waals surface area contributed by atoms with Gasteiger partial charge in [0.2, 0.25) is 6.41 Å². The van der Waals surface area contributed by atoms with Crippen LogP contribution in [0.3, 0.4) is 0 Å². The van der Waals surface area contributed by atoms with E-state index in [0.717, 1.165) is 5.56 Å². The third-order valence-electron chi connectivity index (χ3n) is 1.74. The van der Waals surface area contributed by atoms with Crippen LogP contribution < -0.4 is 11.1 Å². The van der Waals surface area contributed by atoms with Crippen LogP contribution in [-0.4, -0.2) is 6.41 Å². The third-order valence-corrected chi connectivity index (χ3v) is 1.74. The molecule has 3 nitrogen and oxygen atoms in total. The van der Waals surface area contributed by atoms with Crippen molar-refractivity contribution in [1.29, 1.82) is 0 Å². The highest BCUT2D eigenvalue weighted by Crippen LogP contribution is 2.15. The number of hydrogen-bond donors (Lipinski definition) is 2. The van der Waals surface area contributed by atoms with Crippen LogP contribution in [0, 0.1) is 0 Å². The molecule has 0 aliphatic carbocycles. The summed E-state index contributed by atoms with van der Waals surface area (Å²) >= 11 is 0. The Morgan fingerprint density at radius 1 is 1.46 bits per heavy atom. The second kappa shape index (κ2) is 4.30. The number of carbonyl (C=O) groups is 1. The van der Waals surface area contributed by atoms with Crippen molar-refractivity contribution in [1.82, 2.24) is 5.32 Å². The number of hydrogen-bond acceptors (Lipinski definition) is 2. The van der Waals surface area contributed by atoms with E-state index >= 15 is 0 Å². The highest BCUT2D eigenvalue weighted by molar-refractivity contribution is 5.49. The molecule has 0 aromatic heterocycles. The highest BCUT2D eigenvalue weighted by atomic mass is 16.1. The van der Waals surface area contributed by atoms with Crippen LogP contribution in [-0.2, 0) is 4.79 Å². The zero-order valence-electron chi connectivity index (χ0n) is 7.23. The van der Waals surface area contributed by atoms with Gasteiger partial charge < -0.3 is 11.1 Å². The number of rotatable bonds is 4. The molecule has 13 heavy (non-hydrogen) atoms. The second-order valence-electron chi connectivity index (χ2n) is 2.70. The Labute approximate surface area is 77.3 Å². The lowest BCUT2D eigenvalue weighted by Gasteiger charge is -2.15. The van der Waals surface area contributed by atoms with E-state index in [1.54, 1.807) is 0 Å². The molecule has 1 amide bonds. The molecule has 1 atom stereocenters.